The molecule has 158 valence electrons. The van der Waals surface area contributed by atoms with Crippen molar-refractivity contribution in [1.82, 2.24) is 13.6 Å². The molecule has 7 nitrogen and oxygen atoms in total. The van der Waals surface area contributed by atoms with Crippen molar-refractivity contribution in [3.8, 4) is 0 Å². The fourth-order valence-electron chi connectivity index (χ4n) is 2.71. The largest absolute Gasteiger partial charge is 0.549 e. The van der Waals surface area contributed by atoms with E-state index in [9.17, 15) is 4.55 Å². The molecular weight excluding hydrogens is 394 g/mol. The molecule has 2 aromatic heterocycles. The fraction of sp³-hybridized carbons (Fsp3) is 0.684. The number of aromatic nitrogens is 2. The Morgan fingerprint density at radius 2 is 1.71 bits per heavy atom. The summed E-state index contributed by atoms with van der Waals surface area (Å²) in [7, 11) is 4.05. The van der Waals surface area contributed by atoms with Crippen LogP contribution in [0.25, 0.3) is 0 Å². The third kappa shape index (κ3) is 8.81. The lowest BCUT2D eigenvalue weighted by Crippen LogP contribution is -2.26. The van der Waals surface area contributed by atoms with E-state index in [1.54, 1.807) is 11.8 Å². The molecule has 0 amide bonds. The number of rotatable bonds is 13. The molecule has 0 spiro atoms. The van der Waals surface area contributed by atoms with Crippen LogP contribution in [0.1, 0.15) is 50.5 Å². The van der Waals surface area contributed by atoms with Crippen LogP contribution < -0.4 is 11.0 Å². The first-order chi connectivity index (χ1) is 13.6. The Balaban J connectivity index is 1.76. The summed E-state index contributed by atoms with van der Waals surface area (Å²) in [5, 5.41) is 0. The normalized spacial score (nSPS) is 13.8. The molecule has 2 N–H and O–H groups in total. The van der Waals surface area contributed by atoms with Crippen molar-refractivity contribution in [2.45, 2.75) is 51.3 Å². The van der Waals surface area contributed by atoms with Gasteiger partial charge in [-0.25, -0.2) is 0 Å². The topological polar surface area (TPSA) is 95.7 Å². The number of nitrogens with zero attached hydrogens (tertiary/aromatic N) is 3. The molecule has 0 fully saturated rings. The highest BCUT2D eigenvalue weighted by Crippen LogP contribution is 2.16. The third-order valence-corrected chi connectivity index (χ3v) is 5.79. The van der Waals surface area contributed by atoms with Gasteiger partial charge in [0.1, 0.15) is 22.7 Å². The van der Waals surface area contributed by atoms with E-state index in [0.29, 0.717) is 17.5 Å². The molecule has 2 heterocycles. The van der Waals surface area contributed by atoms with Gasteiger partial charge in [0.05, 0.1) is 18.8 Å². The summed E-state index contributed by atoms with van der Waals surface area (Å²) in [5.41, 5.74) is 1.23. The minimum absolute atomic E-state index is 0.610. The first-order valence-electron chi connectivity index (χ1n) is 9.93. The van der Waals surface area contributed by atoms with E-state index in [1.165, 1.54) is 25.7 Å². The standard InChI is InChI=1S/C19H33N5O2S2/c1-4-5-6-7-8-11-20-18-19(23-28(25)22-18)21-12-13-27-15-17-10-9-16(26-17)14-24(2)3/h9-10H,4-8,11-15H2,1-3H3,(H,20,22)(H,21,23). The molecule has 0 aromatic carbocycles. The monoisotopic (exact) mass is 427 g/mol. The van der Waals surface area contributed by atoms with Gasteiger partial charge in [0, 0.05) is 12.3 Å². The Labute approximate surface area is 174 Å². The van der Waals surface area contributed by atoms with Crippen LogP contribution >= 0.6 is 22.9 Å². The highest BCUT2D eigenvalue weighted by Gasteiger charge is 2.03. The number of hydrogen-bond donors (Lipinski definition) is 2. The molecule has 0 radical (unpaired) electrons. The van der Waals surface area contributed by atoms with E-state index in [4.69, 9.17) is 4.42 Å². The molecule has 2 rings (SSSR count). The van der Waals surface area contributed by atoms with Crippen LogP contribution in [0.2, 0.25) is 0 Å². The summed E-state index contributed by atoms with van der Waals surface area (Å²) < 4.78 is 23.2. The minimum Gasteiger partial charge on any atom is -0.549 e. The molecule has 0 aliphatic carbocycles. The average molecular weight is 428 g/mol. The average Bonchev–Trinajstić information content (AvgIpc) is 3.23. The lowest BCUT2D eigenvalue weighted by atomic mass is 10.2. The molecule has 0 aliphatic heterocycles. The van der Waals surface area contributed by atoms with E-state index in [1.807, 2.05) is 26.2 Å². The van der Waals surface area contributed by atoms with Crippen molar-refractivity contribution in [1.29, 1.82) is 0 Å². The van der Waals surface area contributed by atoms with Gasteiger partial charge in [-0.2, -0.15) is 20.5 Å². The summed E-state index contributed by atoms with van der Waals surface area (Å²) in [5.74, 6) is 3.67. The zero-order chi connectivity index (χ0) is 20.2. The zero-order valence-electron chi connectivity index (χ0n) is 17.2. The van der Waals surface area contributed by atoms with Crippen molar-refractivity contribution < 1.29 is 8.97 Å². The number of H-pyrrole nitrogens is 2. The van der Waals surface area contributed by atoms with Gasteiger partial charge in [0.25, 0.3) is 0 Å². The highest BCUT2D eigenvalue weighted by atomic mass is 32.2. The van der Waals surface area contributed by atoms with Crippen LogP contribution in [0, 0.1) is 0 Å². The van der Waals surface area contributed by atoms with Crippen molar-refractivity contribution in [3.05, 3.63) is 34.6 Å². The Morgan fingerprint density at radius 1 is 1.04 bits per heavy atom. The van der Waals surface area contributed by atoms with Gasteiger partial charge in [-0.15, -0.1) is 0 Å². The van der Waals surface area contributed by atoms with E-state index in [-0.39, 0.29) is 0 Å². The van der Waals surface area contributed by atoms with Crippen LogP contribution in [-0.4, -0.2) is 51.1 Å². The van der Waals surface area contributed by atoms with E-state index in [2.05, 4.69) is 30.6 Å². The second kappa shape index (κ2) is 13.0. The van der Waals surface area contributed by atoms with Crippen LogP contribution in [0.5, 0.6) is 0 Å². The van der Waals surface area contributed by atoms with Gasteiger partial charge >= 0.3 is 0 Å². The predicted molar refractivity (Wildman–Crippen MR) is 116 cm³/mol. The second-order valence-electron chi connectivity index (χ2n) is 7.01. The molecule has 28 heavy (non-hydrogen) atoms. The van der Waals surface area contributed by atoms with Gasteiger partial charge < -0.3 is 13.9 Å². The van der Waals surface area contributed by atoms with Crippen LogP contribution in [0.15, 0.2) is 26.5 Å². The Morgan fingerprint density at radius 3 is 2.43 bits per heavy atom. The maximum Gasteiger partial charge on any atom is 0.219 e. The van der Waals surface area contributed by atoms with Crippen molar-refractivity contribution >= 4 is 22.9 Å². The lowest BCUT2D eigenvalue weighted by Gasteiger charge is -2.05. The fourth-order valence-corrected chi connectivity index (χ4v) is 4.16. The molecule has 1 unspecified atom stereocenters. The molecule has 0 saturated carbocycles. The molecule has 9 heteroatoms. The first-order valence-corrected chi connectivity index (χ1v) is 12.2. The summed E-state index contributed by atoms with van der Waals surface area (Å²) >= 11 is 0.455. The van der Waals surface area contributed by atoms with Crippen LogP contribution in [-0.2, 0) is 12.3 Å². The molecule has 1 atom stereocenters. The van der Waals surface area contributed by atoms with E-state index in [0.717, 1.165) is 42.5 Å². The first kappa shape index (κ1) is 23.0. The number of hydrogen-bond acceptors (Lipinski definition) is 6. The van der Waals surface area contributed by atoms with E-state index < -0.39 is 11.1 Å². The quantitative estimate of drug-likeness (QED) is 0.378. The zero-order valence-corrected chi connectivity index (χ0v) is 18.8. The molecule has 0 aliphatic rings. The lowest BCUT2D eigenvalue weighted by molar-refractivity contribution is 0.344. The minimum atomic E-state index is -1.32. The van der Waals surface area contributed by atoms with Crippen LogP contribution in [0.4, 0.5) is 0 Å². The molecule has 0 saturated heterocycles. The van der Waals surface area contributed by atoms with Gasteiger partial charge in [-0.3, -0.25) is 9.98 Å². The number of aromatic amines is 2. The van der Waals surface area contributed by atoms with Crippen molar-refractivity contribution in [2.24, 2.45) is 9.98 Å². The summed E-state index contributed by atoms with van der Waals surface area (Å²) in [6, 6.07) is 4.07. The Bertz CT molecular complexity index is 804. The maximum absolute atomic E-state index is 11.7. The van der Waals surface area contributed by atoms with Gasteiger partial charge in [-0.05, 0) is 32.6 Å². The molecule has 2 aromatic rings. The number of nitrogens with one attached hydrogen (secondary N) is 2. The smallest absolute Gasteiger partial charge is 0.219 e. The number of thioether (sulfide) groups is 1. The van der Waals surface area contributed by atoms with Crippen molar-refractivity contribution in [3.63, 3.8) is 0 Å². The van der Waals surface area contributed by atoms with Gasteiger partial charge in [0.2, 0.25) is 11.0 Å². The molecular formula is C19H33N5O2S2. The third-order valence-electron chi connectivity index (χ3n) is 4.07. The van der Waals surface area contributed by atoms with E-state index >= 15 is 0 Å². The Hall–Kier alpha value is -1.29. The van der Waals surface area contributed by atoms with Gasteiger partial charge in [-0.1, -0.05) is 32.6 Å². The predicted octanol–water partition coefficient (Wildman–Crippen LogP) is 3.43. The highest BCUT2D eigenvalue weighted by molar-refractivity contribution is 7.98. The summed E-state index contributed by atoms with van der Waals surface area (Å²) in [6.07, 6.45) is 6.02. The summed E-state index contributed by atoms with van der Waals surface area (Å²) in [4.78, 5) is 11.1. The second-order valence-corrected chi connectivity index (χ2v) is 9.06. The van der Waals surface area contributed by atoms with Crippen LogP contribution in [0.3, 0.4) is 0 Å². The molecule has 0 bridgehead atoms. The maximum atomic E-state index is 11.7. The summed E-state index contributed by atoms with van der Waals surface area (Å²) in [6.45, 7) is 4.41. The Kier molecular flexibility index (Phi) is 10.7. The number of unbranched alkanes of at least 4 members (excludes halogenated alkanes) is 4. The van der Waals surface area contributed by atoms with Gasteiger partial charge in [0.15, 0.2) is 0 Å². The van der Waals surface area contributed by atoms with Crippen molar-refractivity contribution in [2.75, 3.05) is 32.9 Å². The number of furan rings is 1. The SMILES string of the molecule is CCCCCCCN=c1[nH][s+]([O-])[nH]c1=NCCSCc1ccc(CN(C)C)o1.